The fourth-order valence-electron chi connectivity index (χ4n) is 1.72. The van der Waals surface area contributed by atoms with Gasteiger partial charge < -0.3 is 5.32 Å². The van der Waals surface area contributed by atoms with Crippen molar-refractivity contribution in [1.82, 2.24) is 4.98 Å². The van der Waals surface area contributed by atoms with Crippen LogP contribution in [0, 0.1) is 0 Å². The highest BCUT2D eigenvalue weighted by Crippen LogP contribution is 2.32. The Balaban J connectivity index is 2.05. The topological polar surface area (TPSA) is 24.9 Å². The second kappa shape index (κ2) is 6.75. The summed E-state index contributed by atoms with van der Waals surface area (Å²) in [6, 6.07) is 7.10. The van der Waals surface area contributed by atoms with E-state index in [1.165, 1.54) is 0 Å². The van der Waals surface area contributed by atoms with Crippen LogP contribution < -0.4 is 5.32 Å². The third-order valence-corrected chi connectivity index (χ3v) is 4.49. The van der Waals surface area contributed by atoms with E-state index in [0.29, 0.717) is 23.2 Å². The molecule has 2 aromatic rings. The Labute approximate surface area is 132 Å². The first-order valence-electron chi connectivity index (χ1n) is 6.59. The maximum Gasteiger partial charge on any atom is 0.288 e. The zero-order valence-electron chi connectivity index (χ0n) is 12.2. The number of hydrogen-bond donors (Lipinski definition) is 1. The smallest absolute Gasteiger partial charge is 0.288 e. The fraction of sp³-hybridized carbons (Fsp3) is 0.400. The van der Waals surface area contributed by atoms with Gasteiger partial charge >= 0.3 is 0 Å². The summed E-state index contributed by atoms with van der Waals surface area (Å²) in [7, 11) is 0. The Morgan fingerprint density at radius 3 is 2.62 bits per heavy atom. The molecule has 0 saturated heterocycles. The molecule has 0 saturated carbocycles. The van der Waals surface area contributed by atoms with Gasteiger partial charge in [0.25, 0.3) is 5.76 Å². The number of anilines is 1. The molecule has 1 heterocycles. The Hall–Kier alpha value is -1.14. The van der Waals surface area contributed by atoms with Crippen LogP contribution in [0.2, 0.25) is 0 Å². The van der Waals surface area contributed by atoms with Crippen molar-refractivity contribution in [2.45, 2.75) is 43.4 Å². The third kappa shape index (κ3) is 4.68. The summed E-state index contributed by atoms with van der Waals surface area (Å²) in [5, 5.41) is 6.20. The van der Waals surface area contributed by atoms with Crippen LogP contribution in [0.15, 0.2) is 34.5 Å². The van der Waals surface area contributed by atoms with Crippen LogP contribution in [-0.2, 0) is 12.0 Å². The molecule has 0 bridgehead atoms. The molecular weight excluding hydrogens is 310 g/mol. The number of thiazole rings is 1. The molecule has 21 heavy (non-hydrogen) atoms. The van der Waals surface area contributed by atoms with Gasteiger partial charge in [0.2, 0.25) is 0 Å². The zero-order chi connectivity index (χ0) is 15.5. The molecule has 0 radical (unpaired) electrons. The normalized spacial score (nSPS) is 11.9. The van der Waals surface area contributed by atoms with Crippen LogP contribution in [0.4, 0.5) is 14.5 Å². The van der Waals surface area contributed by atoms with Crippen molar-refractivity contribution < 1.29 is 8.78 Å². The lowest BCUT2D eigenvalue weighted by molar-refractivity contribution is 0.252. The summed E-state index contributed by atoms with van der Waals surface area (Å²) in [5.41, 5.74) is 1.80. The second-order valence-electron chi connectivity index (χ2n) is 5.60. The molecule has 2 rings (SSSR count). The summed E-state index contributed by atoms with van der Waals surface area (Å²) in [4.78, 5) is 5.14. The van der Waals surface area contributed by atoms with E-state index in [2.05, 4.69) is 36.5 Å². The van der Waals surface area contributed by atoms with Crippen molar-refractivity contribution in [3.05, 3.63) is 40.3 Å². The first-order valence-corrected chi connectivity index (χ1v) is 8.35. The standard InChI is InChI=1S/C15H18F2N2S2/c1-15(2,3)12-9-20-13(19-12)8-18-10-6-4-5-7-11(10)21-14(16)17/h4-7,9,14,18H,8H2,1-3H3. The number of nitrogens with one attached hydrogen (secondary N) is 1. The lowest BCUT2D eigenvalue weighted by atomic mass is 9.93. The number of nitrogens with zero attached hydrogens (tertiary/aromatic N) is 1. The third-order valence-electron chi connectivity index (χ3n) is 2.85. The molecule has 0 unspecified atom stereocenters. The van der Waals surface area contributed by atoms with E-state index in [1.54, 1.807) is 23.5 Å². The quantitative estimate of drug-likeness (QED) is 0.747. The highest BCUT2D eigenvalue weighted by Gasteiger charge is 2.17. The summed E-state index contributed by atoms with van der Waals surface area (Å²) in [5.74, 6) is -2.42. The van der Waals surface area contributed by atoms with E-state index in [-0.39, 0.29) is 5.41 Å². The zero-order valence-corrected chi connectivity index (χ0v) is 13.8. The van der Waals surface area contributed by atoms with E-state index in [1.807, 2.05) is 12.1 Å². The number of hydrogen-bond acceptors (Lipinski definition) is 4. The number of alkyl halides is 2. The molecule has 0 aliphatic carbocycles. The first-order chi connectivity index (χ1) is 9.86. The average molecular weight is 328 g/mol. The highest BCUT2D eigenvalue weighted by molar-refractivity contribution is 7.99. The van der Waals surface area contributed by atoms with Crippen LogP contribution in [0.1, 0.15) is 31.5 Å². The van der Waals surface area contributed by atoms with Crippen molar-refractivity contribution in [3.63, 3.8) is 0 Å². The van der Waals surface area contributed by atoms with Crippen LogP contribution in [0.3, 0.4) is 0 Å². The predicted octanol–water partition coefficient (Wildman–Crippen LogP) is 5.37. The van der Waals surface area contributed by atoms with Gasteiger partial charge in [-0.05, 0) is 12.1 Å². The number of thioether (sulfide) groups is 1. The molecule has 1 N–H and O–H groups in total. The number of halogens is 2. The minimum atomic E-state index is -2.42. The molecule has 114 valence electrons. The number of aromatic nitrogens is 1. The van der Waals surface area contributed by atoms with Gasteiger partial charge in [0.15, 0.2) is 0 Å². The van der Waals surface area contributed by atoms with Crippen molar-refractivity contribution in [2.24, 2.45) is 0 Å². The van der Waals surface area contributed by atoms with Gasteiger partial charge in [-0.2, -0.15) is 8.78 Å². The van der Waals surface area contributed by atoms with E-state index >= 15 is 0 Å². The van der Waals surface area contributed by atoms with E-state index < -0.39 is 5.76 Å². The summed E-state index contributed by atoms with van der Waals surface area (Å²) in [6.45, 7) is 6.90. The largest absolute Gasteiger partial charge is 0.378 e. The van der Waals surface area contributed by atoms with Crippen LogP contribution in [0.5, 0.6) is 0 Å². The monoisotopic (exact) mass is 328 g/mol. The van der Waals surface area contributed by atoms with E-state index in [4.69, 9.17) is 0 Å². The summed E-state index contributed by atoms with van der Waals surface area (Å²) < 4.78 is 25.0. The van der Waals surface area contributed by atoms with Gasteiger partial charge in [0.1, 0.15) is 5.01 Å². The molecule has 0 aliphatic rings. The summed E-state index contributed by atoms with van der Waals surface area (Å²) in [6.07, 6.45) is 0. The molecule has 0 fully saturated rings. The average Bonchev–Trinajstić information content (AvgIpc) is 2.86. The molecule has 2 nitrogen and oxygen atoms in total. The molecule has 1 aromatic carbocycles. The summed E-state index contributed by atoms with van der Waals surface area (Å²) >= 11 is 2.14. The van der Waals surface area contributed by atoms with Crippen molar-refractivity contribution in [1.29, 1.82) is 0 Å². The van der Waals surface area contributed by atoms with Crippen LogP contribution in [-0.4, -0.2) is 10.7 Å². The van der Waals surface area contributed by atoms with Gasteiger partial charge in [0, 0.05) is 21.4 Å². The second-order valence-corrected chi connectivity index (χ2v) is 7.58. The molecule has 0 aliphatic heterocycles. The maximum absolute atomic E-state index is 12.5. The fourth-order valence-corrected chi connectivity index (χ4v) is 3.30. The molecule has 0 spiro atoms. The maximum atomic E-state index is 12.5. The molecule has 0 amide bonds. The minimum Gasteiger partial charge on any atom is -0.378 e. The lowest BCUT2D eigenvalue weighted by Gasteiger charge is -2.14. The van der Waals surface area contributed by atoms with Crippen molar-refractivity contribution in [3.8, 4) is 0 Å². The molecule has 0 atom stereocenters. The van der Waals surface area contributed by atoms with Gasteiger partial charge in [-0.15, -0.1) is 11.3 Å². The minimum absolute atomic E-state index is 0.0260. The Morgan fingerprint density at radius 2 is 2.00 bits per heavy atom. The molecule has 1 aromatic heterocycles. The van der Waals surface area contributed by atoms with Gasteiger partial charge in [-0.3, -0.25) is 0 Å². The molecular formula is C15H18F2N2S2. The van der Waals surface area contributed by atoms with Crippen molar-refractivity contribution in [2.75, 3.05) is 5.32 Å². The van der Waals surface area contributed by atoms with Gasteiger partial charge in [0.05, 0.1) is 12.2 Å². The Kier molecular flexibility index (Phi) is 5.22. The van der Waals surface area contributed by atoms with Crippen LogP contribution in [0.25, 0.3) is 0 Å². The number of para-hydroxylation sites is 1. The Morgan fingerprint density at radius 1 is 1.29 bits per heavy atom. The highest BCUT2D eigenvalue weighted by atomic mass is 32.2. The number of benzene rings is 1. The van der Waals surface area contributed by atoms with Crippen LogP contribution >= 0.6 is 23.1 Å². The van der Waals surface area contributed by atoms with E-state index in [9.17, 15) is 8.78 Å². The number of rotatable bonds is 5. The predicted molar refractivity (Wildman–Crippen MR) is 86.4 cm³/mol. The van der Waals surface area contributed by atoms with Crippen molar-refractivity contribution >= 4 is 28.8 Å². The molecule has 6 heteroatoms. The lowest BCUT2D eigenvalue weighted by Crippen LogP contribution is -2.12. The SMILES string of the molecule is CC(C)(C)c1csc(CNc2ccccc2SC(F)F)n1. The first kappa shape index (κ1) is 16.2. The Bertz CT molecular complexity index is 591. The van der Waals surface area contributed by atoms with E-state index in [0.717, 1.165) is 16.4 Å². The van der Waals surface area contributed by atoms with Gasteiger partial charge in [-0.1, -0.05) is 44.7 Å². The van der Waals surface area contributed by atoms with Gasteiger partial charge in [-0.25, -0.2) is 4.98 Å².